The summed E-state index contributed by atoms with van der Waals surface area (Å²) in [5.74, 6) is 6.49. The highest BCUT2D eigenvalue weighted by atomic mass is 16.3. The van der Waals surface area contributed by atoms with E-state index in [1.807, 2.05) is 0 Å². The van der Waals surface area contributed by atoms with Gasteiger partial charge in [0.2, 0.25) is 0 Å². The summed E-state index contributed by atoms with van der Waals surface area (Å²) in [6.07, 6.45) is 16.6. The molecule has 162 valence electrons. The van der Waals surface area contributed by atoms with Crippen LogP contribution in [0.25, 0.3) is 0 Å². The normalized spacial score (nSPS) is 49.4. The monoisotopic (exact) mass is 388 g/mol. The minimum atomic E-state index is -0.00830. The summed E-state index contributed by atoms with van der Waals surface area (Å²) in [4.78, 5) is 0. The Balaban J connectivity index is 1.46. The van der Waals surface area contributed by atoms with Crippen molar-refractivity contribution in [2.24, 2.45) is 52.3 Å². The summed E-state index contributed by atoms with van der Waals surface area (Å²) in [6, 6.07) is 0. The van der Waals surface area contributed by atoms with Gasteiger partial charge in [-0.25, -0.2) is 0 Å². The molecule has 0 aliphatic heterocycles. The van der Waals surface area contributed by atoms with Gasteiger partial charge in [-0.2, -0.15) is 0 Å². The van der Waals surface area contributed by atoms with Gasteiger partial charge < -0.3 is 5.11 Å². The minimum Gasteiger partial charge on any atom is -0.393 e. The predicted molar refractivity (Wildman–Crippen MR) is 119 cm³/mol. The Hall–Kier alpha value is -0.0400. The van der Waals surface area contributed by atoms with E-state index in [9.17, 15) is 5.11 Å². The molecule has 9 atom stereocenters. The van der Waals surface area contributed by atoms with Crippen LogP contribution in [0.4, 0.5) is 0 Å². The Labute approximate surface area is 175 Å². The van der Waals surface area contributed by atoms with Crippen molar-refractivity contribution < 1.29 is 5.11 Å². The van der Waals surface area contributed by atoms with E-state index in [0.29, 0.717) is 10.8 Å². The molecule has 4 rings (SSSR count). The zero-order chi connectivity index (χ0) is 20.1. The summed E-state index contributed by atoms with van der Waals surface area (Å²) in [6.45, 7) is 12.7. The van der Waals surface area contributed by atoms with Gasteiger partial charge in [0.15, 0.2) is 0 Å². The average molecular weight is 389 g/mol. The third kappa shape index (κ3) is 3.50. The molecule has 28 heavy (non-hydrogen) atoms. The third-order valence-electron chi connectivity index (χ3n) is 10.8. The quantitative estimate of drug-likeness (QED) is 0.518. The van der Waals surface area contributed by atoms with E-state index < -0.39 is 0 Å². The molecule has 4 aliphatic carbocycles. The smallest absolute Gasteiger partial charge is 0.0543 e. The molecule has 4 saturated carbocycles. The van der Waals surface area contributed by atoms with Crippen LogP contribution in [0.2, 0.25) is 0 Å². The maximum atomic E-state index is 10.3. The third-order valence-corrected chi connectivity index (χ3v) is 10.8. The molecule has 1 nitrogen and oxygen atoms in total. The molecule has 1 heteroatoms. The zero-order valence-electron chi connectivity index (χ0n) is 19.6. The lowest BCUT2D eigenvalue weighted by atomic mass is 9.44. The molecule has 0 radical (unpaired) electrons. The van der Waals surface area contributed by atoms with E-state index in [0.717, 1.165) is 54.3 Å². The van der Waals surface area contributed by atoms with Gasteiger partial charge >= 0.3 is 0 Å². The van der Waals surface area contributed by atoms with Crippen molar-refractivity contribution in [2.75, 3.05) is 0 Å². The highest BCUT2D eigenvalue weighted by Crippen LogP contribution is 2.68. The summed E-state index contributed by atoms with van der Waals surface area (Å²) < 4.78 is 0. The van der Waals surface area contributed by atoms with Crippen LogP contribution in [0.15, 0.2) is 0 Å². The number of hydrogen-bond donors (Lipinski definition) is 1. The first-order valence-electron chi connectivity index (χ1n) is 12.9. The maximum absolute atomic E-state index is 10.3. The number of fused-ring (bicyclic) bond motifs is 5. The van der Waals surface area contributed by atoms with Gasteiger partial charge in [0.25, 0.3) is 0 Å². The average Bonchev–Trinajstić information content (AvgIpc) is 2.99. The Morgan fingerprint density at radius 2 is 1.54 bits per heavy atom. The summed E-state index contributed by atoms with van der Waals surface area (Å²) in [5.41, 5.74) is 1.15. The zero-order valence-corrected chi connectivity index (χ0v) is 19.6. The van der Waals surface area contributed by atoms with Crippen molar-refractivity contribution in [2.45, 2.75) is 118 Å². The second kappa shape index (κ2) is 7.90. The molecule has 0 heterocycles. The van der Waals surface area contributed by atoms with Crippen LogP contribution in [-0.4, -0.2) is 11.2 Å². The molecule has 0 aromatic carbocycles. The Kier molecular flexibility index (Phi) is 5.98. The van der Waals surface area contributed by atoms with Crippen LogP contribution >= 0.6 is 0 Å². The van der Waals surface area contributed by atoms with Crippen LogP contribution in [0.1, 0.15) is 112 Å². The molecule has 0 saturated heterocycles. The van der Waals surface area contributed by atoms with Crippen LogP contribution in [0.5, 0.6) is 0 Å². The van der Waals surface area contributed by atoms with E-state index in [1.54, 1.807) is 0 Å². The summed E-state index contributed by atoms with van der Waals surface area (Å²) >= 11 is 0. The number of rotatable bonds is 5. The Morgan fingerprint density at radius 1 is 0.821 bits per heavy atom. The second-order valence-electron chi connectivity index (χ2n) is 12.6. The number of hydrogen-bond acceptors (Lipinski definition) is 1. The van der Waals surface area contributed by atoms with Crippen molar-refractivity contribution in [3.63, 3.8) is 0 Å². The van der Waals surface area contributed by atoms with Gasteiger partial charge in [-0.3, -0.25) is 0 Å². The molecule has 4 aliphatic rings. The van der Waals surface area contributed by atoms with Gasteiger partial charge in [-0.05, 0) is 110 Å². The van der Waals surface area contributed by atoms with Crippen molar-refractivity contribution in [3.05, 3.63) is 0 Å². The maximum Gasteiger partial charge on any atom is 0.0543 e. The topological polar surface area (TPSA) is 20.2 Å². The van der Waals surface area contributed by atoms with Crippen LogP contribution in [0, 0.1) is 52.3 Å². The number of aliphatic hydroxyl groups excluding tert-OH is 1. The van der Waals surface area contributed by atoms with Gasteiger partial charge in [0, 0.05) is 0 Å². The van der Waals surface area contributed by atoms with Gasteiger partial charge in [0.05, 0.1) is 6.10 Å². The molecule has 0 bridgehead atoms. The SMILES string of the molecule is CC(C)CCC[C@H](C)[C@@H]1CC[C@@H]2[C@H]3CC[C@@H]4C[C@H](O)CC[C@@]4(C)[C@@H]3CC[C@]21C. The van der Waals surface area contributed by atoms with Crippen molar-refractivity contribution >= 4 is 0 Å². The van der Waals surface area contributed by atoms with Crippen molar-refractivity contribution in [1.82, 2.24) is 0 Å². The van der Waals surface area contributed by atoms with E-state index >= 15 is 0 Å². The Morgan fingerprint density at radius 3 is 2.29 bits per heavy atom. The molecule has 0 aromatic rings. The lowest BCUT2D eigenvalue weighted by Gasteiger charge is -2.61. The lowest BCUT2D eigenvalue weighted by Crippen LogP contribution is -2.54. The van der Waals surface area contributed by atoms with Gasteiger partial charge in [-0.15, -0.1) is 0 Å². The molecule has 1 N–H and O–H groups in total. The highest BCUT2D eigenvalue weighted by Gasteiger charge is 2.60. The van der Waals surface area contributed by atoms with E-state index in [2.05, 4.69) is 34.6 Å². The first-order chi connectivity index (χ1) is 13.3. The lowest BCUT2D eigenvalue weighted by molar-refractivity contribution is -0.129. The van der Waals surface area contributed by atoms with E-state index in [-0.39, 0.29) is 6.10 Å². The van der Waals surface area contributed by atoms with Gasteiger partial charge in [-0.1, -0.05) is 53.9 Å². The highest BCUT2D eigenvalue weighted by molar-refractivity contribution is 5.09. The van der Waals surface area contributed by atoms with E-state index in [1.165, 1.54) is 64.2 Å². The van der Waals surface area contributed by atoms with Crippen LogP contribution in [0.3, 0.4) is 0 Å². The first kappa shape index (κ1) is 21.2. The minimum absolute atomic E-state index is 0.00830. The van der Waals surface area contributed by atoms with Crippen LogP contribution < -0.4 is 0 Å². The molecule has 0 spiro atoms. The van der Waals surface area contributed by atoms with Crippen molar-refractivity contribution in [1.29, 1.82) is 0 Å². The fourth-order valence-electron chi connectivity index (χ4n) is 9.26. The first-order valence-corrected chi connectivity index (χ1v) is 12.9. The molecule has 0 unspecified atom stereocenters. The van der Waals surface area contributed by atoms with Crippen LogP contribution in [-0.2, 0) is 0 Å². The van der Waals surface area contributed by atoms with Crippen molar-refractivity contribution in [3.8, 4) is 0 Å². The molecular weight excluding hydrogens is 340 g/mol. The van der Waals surface area contributed by atoms with E-state index in [4.69, 9.17) is 0 Å². The standard InChI is InChI=1S/C27H48O/c1-18(2)7-6-8-19(3)23-11-12-24-22-10-9-20-17-21(28)13-15-26(20,4)25(22)14-16-27(23,24)5/h18-25,28H,6-17H2,1-5H3/t19-,20+,21+,22+,23-,24+,25+,26+,27-/m0/s1. The predicted octanol–water partition coefficient (Wildman–Crippen LogP) is 7.47. The largest absolute Gasteiger partial charge is 0.393 e. The molecule has 0 amide bonds. The van der Waals surface area contributed by atoms with Gasteiger partial charge in [0.1, 0.15) is 0 Å². The summed E-state index contributed by atoms with van der Waals surface area (Å²) in [5, 5.41) is 10.3. The second-order valence-corrected chi connectivity index (χ2v) is 12.6. The Bertz CT molecular complexity index is 540. The molecular formula is C27H48O. The molecule has 0 aromatic heterocycles. The molecule has 4 fully saturated rings. The number of aliphatic hydroxyl groups is 1. The fourth-order valence-corrected chi connectivity index (χ4v) is 9.26. The fraction of sp³-hybridized carbons (Fsp3) is 1.00. The summed E-state index contributed by atoms with van der Waals surface area (Å²) in [7, 11) is 0.